The summed E-state index contributed by atoms with van der Waals surface area (Å²) >= 11 is 0. The highest BCUT2D eigenvalue weighted by Crippen LogP contribution is 2.20. The van der Waals surface area contributed by atoms with E-state index in [2.05, 4.69) is 20.8 Å². The van der Waals surface area contributed by atoms with Crippen molar-refractivity contribution in [1.82, 2.24) is 0 Å². The first-order chi connectivity index (χ1) is 5.81. The molecule has 1 nitrogen and oxygen atoms in total. The summed E-state index contributed by atoms with van der Waals surface area (Å²) in [5.74, 6) is 1.61. The molecule has 1 heteroatoms. The van der Waals surface area contributed by atoms with Gasteiger partial charge in [0.15, 0.2) is 0 Å². The normalized spacial score (nSPS) is 15.0. The van der Waals surface area contributed by atoms with Crippen molar-refractivity contribution < 1.29 is 5.11 Å². The average molecular weight is 186 g/mol. The van der Waals surface area contributed by atoms with E-state index in [1.165, 1.54) is 12.8 Å². The van der Waals surface area contributed by atoms with Crippen LogP contribution < -0.4 is 0 Å². The van der Waals surface area contributed by atoms with E-state index in [0.717, 1.165) is 24.7 Å². The van der Waals surface area contributed by atoms with Crippen LogP contribution in [0, 0.1) is 11.8 Å². The fraction of sp³-hybridized carbons (Fsp3) is 1.00. The van der Waals surface area contributed by atoms with Gasteiger partial charge in [-0.3, -0.25) is 0 Å². The van der Waals surface area contributed by atoms with Gasteiger partial charge in [-0.2, -0.15) is 0 Å². The van der Waals surface area contributed by atoms with Crippen LogP contribution in [-0.4, -0.2) is 10.7 Å². The Kier molecular flexibility index (Phi) is 5.62. The van der Waals surface area contributed by atoms with Crippen molar-refractivity contribution in [3.05, 3.63) is 0 Å². The van der Waals surface area contributed by atoms with Crippen LogP contribution in [0.15, 0.2) is 0 Å². The molecule has 1 atom stereocenters. The third-order valence-electron chi connectivity index (χ3n) is 2.36. The number of hydrogen-bond donors (Lipinski definition) is 1. The van der Waals surface area contributed by atoms with Crippen LogP contribution in [0.1, 0.15) is 60.3 Å². The Hall–Kier alpha value is -0.0400. The van der Waals surface area contributed by atoms with Crippen molar-refractivity contribution in [3.63, 3.8) is 0 Å². The van der Waals surface area contributed by atoms with Crippen molar-refractivity contribution in [3.8, 4) is 0 Å². The largest absolute Gasteiger partial charge is 0.390 e. The van der Waals surface area contributed by atoms with Gasteiger partial charge in [-0.25, -0.2) is 0 Å². The second-order valence-corrected chi connectivity index (χ2v) is 5.44. The van der Waals surface area contributed by atoms with E-state index in [1.807, 2.05) is 13.8 Å². The lowest BCUT2D eigenvalue weighted by molar-refractivity contribution is 0.0667. The van der Waals surface area contributed by atoms with E-state index in [-0.39, 0.29) is 0 Å². The fourth-order valence-electron chi connectivity index (χ4n) is 1.81. The van der Waals surface area contributed by atoms with Gasteiger partial charge in [0, 0.05) is 0 Å². The monoisotopic (exact) mass is 186 g/mol. The molecule has 0 aromatic heterocycles. The number of aliphatic hydroxyl groups is 1. The molecule has 0 bridgehead atoms. The van der Waals surface area contributed by atoms with Crippen molar-refractivity contribution in [2.24, 2.45) is 11.8 Å². The summed E-state index contributed by atoms with van der Waals surface area (Å²) in [7, 11) is 0. The molecule has 0 fully saturated rings. The zero-order valence-corrected chi connectivity index (χ0v) is 9.93. The topological polar surface area (TPSA) is 20.2 Å². The van der Waals surface area contributed by atoms with Crippen LogP contribution in [-0.2, 0) is 0 Å². The molecule has 0 aliphatic rings. The van der Waals surface area contributed by atoms with Crippen molar-refractivity contribution in [2.75, 3.05) is 0 Å². The Morgan fingerprint density at radius 1 is 1.15 bits per heavy atom. The lowest BCUT2D eigenvalue weighted by atomic mass is 9.91. The molecule has 1 unspecified atom stereocenters. The van der Waals surface area contributed by atoms with E-state index in [1.54, 1.807) is 0 Å². The Balaban J connectivity index is 3.42. The molecular weight excluding hydrogens is 160 g/mol. The summed E-state index contributed by atoms with van der Waals surface area (Å²) in [4.78, 5) is 0. The van der Waals surface area contributed by atoms with Gasteiger partial charge in [0.05, 0.1) is 5.60 Å². The minimum Gasteiger partial charge on any atom is -0.390 e. The average Bonchev–Trinajstić information content (AvgIpc) is 1.81. The van der Waals surface area contributed by atoms with Crippen molar-refractivity contribution in [2.45, 2.75) is 65.9 Å². The van der Waals surface area contributed by atoms with Gasteiger partial charge in [0.1, 0.15) is 0 Å². The molecule has 0 saturated heterocycles. The SMILES string of the molecule is CC(C)CC(C)CCCC(C)(C)O. The van der Waals surface area contributed by atoms with E-state index < -0.39 is 5.60 Å². The molecule has 0 amide bonds. The summed E-state index contributed by atoms with van der Waals surface area (Å²) in [5.41, 5.74) is -0.475. The van der Waals surface area contributed by atoms with Crippen LogP contribution in [0.5, 0.6) is 0 Å². The zero-order chi connectivity index (χ0) is 10.5. The highest BCUT2D eigenvalue weighted by atomic mass is 16.3. The highest BCUT2D eigenvalue weighted by molar-refractivity contribution is 4.66. The molecule has 0 rings (SSSR count). The molecule has 0 radical (unpaired) electrons. The molecule has 80 valence electrons. The Labute approximate surface area is 83.5 Å². The van der Waals surface area contributed by atoms with Crippen LogP contribution in [0.2, 0.25) is 0 Å². The first-order valence-electron chi connectivity index (χ1n) is 5.53. The summed E-state index contributed by atoms with van der Waals surface area (Å²) in [5, 5.41) is 9.51. The summed E-state index contributed by atoms with van der Waals surface area (Å²) in [6.07, 6.45) is 4.64. The molecule has 13 heavy (non-hydrogen) atoms. The smallest absolute Gasteiger partial charge is 0.0591 e. The molecule has 0 saturated carbocycles. The van der Waals surface area contributed by atoms with Gasteiger partial charge >= 0.3 is 0 Å². The third kappa shape index (κ3) is 9.88. The maximum absolute atomic E-state index is 9.51. The van der Waals surface area contributed by atoms with Crippen LogP contribution in [0.25, 0.3) is 0 Å². The molecular formula is C12H26O. The molecule has 0 aromatic rings. The molecule has 0 heterocycles. The van der Waals surface area contributed by atoms with Crippen LogP contribution in [0.4, 0.5) is 0 Å². The fourth-order valence-corrected chi connectivity index (χ4v) is 1.81. The molecule has 0 aromatic carbocycles. The lowest BCUT2D eigenvalue weighted by Crippen LogP contribution is -2.18. The summed E-state index contributed by atoms with van der Waals surface area (Å²) in [6.45, 7) is 10.6. The number of rotatable bonds is 6. The van der Waals surface area contributed by atoms with Crippen molar-refractivity contribution >= 4 is 0 Å². The molecule has 0 aliphatic heterocycles. The van der Waals surface area contributed by atoms with E-state index in [0.29, 0.717) is 0 Å². The minimum absolute atomic E-state index is 0.475. The van der Waals surface area contributed by atoms with Gasteiger partial charge < -0.3 is 5.11 Å². The highest BCUT2D eigenvalue weighted by Gasteiger charge is 2.13. The Bertz CT molecular complexity index is 122. The Morgan fingerprint density at radius 3 is 2.08 bits per heavy atom. The maximum atomic E-state index is 9.51. The van der Waals surface area contributed by atoms with Gasteiger partial charge in [-0.1, -0.05) is 33.6 Å². The van der Waals surface area contributed by atoms with Gasteiger partial charge in [0.25, 0.3) is 0 Å². The lowest BCUT2D eigenvalue weighted by Gasteiger charge is -2.19. The van der Waals surface area contributed by atoms with Gasteiger partial charge in [-0.15, -0.1) is 0 Å². The first-order valence-corrected chi connectivity index (χ1v) is 5.53. The van der Waals surface area contributed by atoms with E-state index in [9.17, 15) is 5.11 Å². The predicted octanol–water partition coefficient (Wildman–Crippen LogP) is 3.61. The summed E-state index contributed by atoms with van der Waals surface area (Å²) in [6, 6.07) is 0. The molecule has 0 aliphatic carbocycles. The quantitative estimate of drug-likeness (QED) is 0.672. The van der Waals surface area contributed by atoms with Crippen molar-refractivity contribution in [1.29, 1.82) is 0 Å². The van der Waals surface area contributed by atoms with Gasteiger partial charge in [0.2, 0.25) is 0 Å². The third-order valence-corrected chi connectivity index (χ3v) is 2.36. The first kappa shape index (κ1) is 13.0. The predicted molar refractivity (Wildman–Crippen MR) is 58.8 cm³/mol. The maximum Gasteiger partial charge on any atom is 0.0591 e. The van der Waals surface area contributed by atoms with Crippen LogP contribution in [0.3, 0.4) is 0 Å². The van der Waals surface area contributed by atoms with Crippen LogP contribution >= 0.6 is 0 Å². The standard InChI is InChI=1S/C12H26O/c1-10(2)9-11(3)7-6-8-12(4,5)13/h10-11,13H,6-9H2,1-5H3. The van der Waals surface area contributed by atoms with Gasteiger partial charge in [-0.05, 0) is 38.5 Å². The zero-order valence-electron chi connectivity index (χ0n) is 9.93. The minimum atomic E-state index is -0.475. The molecule has 0 spiro atoms. The summed E-state index contributed by atoms with van der Waals surface area (Å²) < 4.78 is 0. The van der Waals surface area contributed by atoms with E-state index in [4.69, 9.17) is 0 Å². The second kappa shape index (κ2) is 5.64. The second-order valence-electron chi connectivity index (χ2n) is 5.44. The number of hydrogen-bond acceptors (Lipinski definition) is 1. The van der Waals surface area contributed by atoms with E-state index >= 15 is 0 Å². The Morgan fingerprint density at radius 2 is 1.69 bits per heavy atom. The molecule has 1 N–H and O–H groups in total.